The first kappa shape index (κ1) is 22.6. The molecule has 0 saturated heterocycles. The summed E-state index contributed by atoms with van der Waals surface area (Å²) >= 11 is 12.5. The average molecular weight is 446 g/mol. The molecule has 4 nitrogen and oxygen atoms in total. The molecule has 0 N–H and O–H groups in total. The van der Waals surface area contributed by atoms with Crippen molar-refractivity contribution in [1.29, 1.82) is 0 Å². The van der Waals surface area contributed by atoms with Crippen LogP contribution in [0.3, 0.4) is 0 Å². The van der Waals surface area contributed by atoms with Gasteiger partial charge in [-0.25, -0.2) is 4.98 Å². The zero-order chi connectivity index (χ0) is 21.5. The molecule has 1 aromatic heterocycles. The van der Waals surface area contributed by atoms with E-state index < -0.39 is 0 Å². The topological polar surface area (TPSA) is 38.1 Å². The van der Waals surface area contributed by atoms with E-state index in [1.165, 1.54) is 0 Å². The first-order valence-electron chi connectivity index (χ1n) is 10.7. The van der Waals surface area contributed by atoms with E-state index >= 15 is 0 Å². The van der Waals surface area contributed by atoms with E-state index in [1.54, 1.807) is 18.2 Å². The molecule has 1 heterocycles. The largest absolute Gasteiger partial charge is 0.331 e. The molecule has 30 heavy (non-hydrogen) atoms. The third-order valence-corrected chi connectivity index (χ3v) is 5.84. The summed E-state index contributed by atoms with van der Waals surface area (Å²) in [5, 5.41) is 0.927. The van der Waals surface area contributed by atoms with E-state index in [4.69, 9.17) is 28.2 Å². The second-order valence-electron chi connectivity index (χ2n) is 7.58. The van der Waals surface area contributed by atoms with Gasteiger partial charge in [0.2, 0.25) is 0 Å². The zero-order valence-corrected chi connectivity index (χ0v) is 19.2. The van der Waals surface area contributed by atoms with Crippen LogP contribution in [0.1, 0.15) is 62.1 Å². The van der Waals surface area contributed by atoms with Crippen molar-refractivity contribution in [2.24, 2.45) is 0 Å². The molecule has 0 aliphatic carbocycles. The number of para-hydroxylation sites is 2. The van der Waals surface area contributed by atoms with Crippen molar-refractivity contribution in [2.45, 2.75) is 59.0 Å². The molecule has 0 bridgehead atoms. The maximum absolute atomic E-state index is 13.4. The lowest BCUT2D eigenvalue weighted by molar-refractivity contribution is 0.0734. The van der Waals surface area contributed by atoms with Gasteiger partial charge in [-0.15, -0.1) is 0 Å². The molecule has 0 aliphatic rings. The van der Waals surface area contributed by atoms with Crippen LogP contribution in [0.15, 0.2) is 42.5 Å². The minimum Gasteiger partial charge on any atom is -0.331 e. The van der Waals surface area contributed by atoms with Crippen LogP contribution in [-0.2, 0) is 13.1 Å². The smallest absolute Gasteiger partial charge is 0.255 e. The van der Waals surface area contributed by atoms with Gasteiger partial charge in [-0.05, 0) is 43.2 Å². The molecule has 0 unspecified atom stereocenters. The zero-order valence-electron chi connectivity index (χ0n) is 17.7. The first-order chi connectivity index (χ1) is 14.5. The van der Waals surface area contributed by atoms with Gasteiger partial charge in [-0.3, -0.25) is 4.79 Å². The molecule has 0 fully saturated rings. The Kier molecular flexibility index (Phi) is 8.17. The van der Waals surface area contributed by atoms with Gasteiger partial charge in [0, 0.05) is 18.1 Å². The summed E-state index contributed by atoms with van der Waals surface area (Å²) in [4.78, 5) is 20.1. The highest BCUT2D eigenvalue weighted by Crippen LogP contribution is 2.24. The molecular formula is C24H29Cl2N3O. The number of hydrogen-bond acceptors (Lipinski definition) is 2. The number of benzene rings is 2. The number of unbranched alkanes of at least 4 members (excludes halogenated alkanes) is 3. The van der Waals surface area contributed by atoms with Gasteiger partial charge in [0.25, 0.3) is 5.91 Å². The van der Waals surface area contributed by atoms with Gasteiger partial charge in [0.1, 0.15) is 5.82 Å². The van der Waals surface area contributed by atoms with Crippen molar-refractivity contribution in [3.05, 3.63) is 63.9 Å². The van der Waals surface area contributed by atoms with E-state index in [2.05, 4.69) is 24.5 Å². The number of carbonyl (C=O) groups excluding carboxylic acids is 1. The fourth-order valence-electron chi connectivity index (χ4n) is 3.62. The van der Waals surface area contributed by atoms with Crippen molar-refractivity contribution in [3.63, 3.8) is 0 Å². The lowest BCUT2D eigenvalue weighted by Gasteiger charge is -2.24. The molecule has 2 aromatic carbocycles. The fraction of sp³-hybridized carbons (Fsp3) is 0.417. The fourth-order valence-corrected chi connectivity index (χ4v) is 3.99. The molecular weight excluding hydrogens is 417 g/mol. The van der Waals surface area contributed by atoms with Crippen LogP contribution in [0.5, 0.6) is 0 Å². The van der Waals surface area contributed by atoms with E-state index in [-0.39, 0.29) is 5.91 Å². The van der Waals surface area contributed by atoms with Gasteiger partial charge >= 0.3 is 0 Å². The number of fused-ring (bicyclic) bond motifs is 1. The minimum absolute atomic E-state index is 0.104. The Morgan fingerprint density at radius 2 is 1.80 bits per heavy atom. The Morgan fingerprint density at radius 3 is 2.57 bits per heavy atom. The molecule has 6 heteroatoms. The lowest BCUT2D eigenvalue weighted by Crippen LogP contribution is -2.33. The maximum atomic E-state index is 13.4. The van der Waals surface area contributed by atoms with E-state index in [1.807, 2.05) is 23.1 Å². The third kappa shape index (κ3) is 5.35. The molecule has 3 rings (SSSR count). The van der Waals surface area contributed by atoms with Gasteiger partial charge in [-0.1, -0.05) is 68.4 Å². The van der Waals surface area contributed by atoms with Gasteiger partial charge in [0.15, 0.2) is 0 Å². The van der Waals surface area contributed by atoms with Crippen LogP contribution >= 0.6 is 23.2 Å². The van der Waals surface area contributed by atoms with Crippen LogP contribution in [0.25, 0.3) is 11.0 Å². The number of rotatable bonds is 10. The Bertz CT molecular complexity index is 999. The number of carbonyl (C=O) groups is 1. The van der Waals surface area contributed by atoms with Gasteiger partial charge in [-0.2, -0.15) is 0 Å². The highest BCUT2D eigenvalue weighted by Gasteiger charge is 2.22. The number of aryl methyl sites for hydroxylation is 1. The minimum atomic E-state index is -0.104. The van der Waals surface area contributed by atoms with Crippen molar-refractivity contribution < 1.29 is 4.79 Å². The summed E-state index contributed by atoms with van der Waals surface area (Å²) in [5.74, 6) is 0.806. The summed E-state index contributed by atoms with van der Waals surface area (Å²) in [7, 11) is 0. The van der Waals surface area contributed by atoms with E-state index in [0.717, 1.165) is 55.5 Å². The standard InChI is InChI=1S/C24H29Cl2N3O/c1-3-5-9-14-28(24(30)19-16-18(25)12-13-20(19)26)17-23-27-21-10-7-8-11-22(21)29(23)15-6-4-2/h7-8,10-13,16H,3-6,9,14-15,17H2,1-2H3. The summed E-state index contributed by atoms with van der Waals surface area (Å²) in [5.41, 5.74) is 2.52. The number of imidazole rings is 1. The van der Waals surface area contributed by atoms with Crippen LogP contribution in [0.2, 0.25) is 10.0 Å². The van der Waals surface area contributed by atoms with Gasteiger partial charge < -0.3 is 9.47 Å². The molecule has 160 valence electrons. The normalized spacial score (nSPS) is 11.2. The highest BCUT2D eigenvalue weighted by atomic mass is 35.5. The van der Waals surface area contributed by atoms with Crippen molar-refractivity contribution in [3.8, 4) is 0 Å². The molecule has 1 amide bonds. The number of nitrogens with zero attached hydrogens (tertiary/aromatic N) is 3. The number of aromatic nitrogens is 2. The van der Waals surface area contributed by atoms with Crippen molar-refractivity contribution in [1.82, 2.24) is 14.5 Å². The number of hydrogen-bond donors (Lipinski definition) is 0. The number of halogens is 2. The van der Waals surface area contributed by atoms with Crippen LogP contribution < -0.4 is 0 Å². The van der Waals surface area contributed by atoms with E-state index in [9.17, 15) is 4.79 Å². The molecule has 3 aromatic rings. The summed E-state index contributed by atoms with van der Waals surface area (Å²) < 4.78 is 2.25. The maximum Gasteiger partial charge on any atom is 0.255 e. The summed E-state index contributed by atoms with van der Waals surface area (Å²) in [6.45, 7) is 6.34. The van der Waals surface area contributed by atoms with Crippen LogP contribution in [0, 0.1) is 0 Å². The molecule has 0 saturated carbocycles. The average Bonchev–Trinajstić information content (AvgIpc) is 3.10. The van der Waals surface area contributed by atoms with Crippen LogP contribution in [-0.4, -0.2) is 26.9 Å². The third-order valence-electron chi connectivity index (χ3n) is 5.28. The van der Waals surface area contributed by atoms with Gasteiger partial charge in [0.05, 0.1) is 28.2 Å². The van der Waals surface area contributed by atoms with Crippen LogP contribution in [0.4, 0.5) is 0 Å². The quantitative estimate of drug-likeness (QED) is 0.315. The van der Waals surface area contributed by atoms with Crippen molar-refractivity contribution in [2.75, 3.05) is 6.54 Å². The highest BCUT2D eigenvalue weighted by molar-refractivity contribution is 6.35. The van der Waals surface area contributed by atoms with E-state index in [0.29, 0.717) is 28.7 Å². The molecule has 0 atom stereocenters. The Labute approximate surface area is 188 Å². The van der Waals surface area contributed by atoms with Crippen molar-refractivity contribution >= 4 is 40.1 Å². The second-order valence-corrected chi connectivity index (χ2v) is 8.42. The lowest BCUT2D eigenvalue weighted by atomic mass is 10.1. The first-order valence-corrected chi connectivity index (χ1v) is 11.5. The Hall–Kier alpha value is -2.04. The predicted molar refractivity (Wildman–Crippen MR) is 125 cm³/mol. The summed E-state index contributed by atoms with van der Waals surface area (Å²) in [6, 6.07) is 13.2. The number of amides is 1. The second kappa shape index (κ2) is 10.8. The predicted octanol–water partition coefficient (Wildman–Crippen LogP) is 6.98. The molecule has 0 spiro atoms. The summed E-state index contributed by atoms with van der Waals surface area (Å²) in [6.07, 6.45) is 5.27. The Morgan fingerprint density at radius 1 is 1.03 bits per heavy atom. The Balaban J connectivity index is 1.95. The molecule has 0 radical (unpaired) electrons. The monoisotopic (exact) mass is 445 g/mol. The molecule has 0 aliphatic heterocycles. The SMILES string of the molecule is CCCCCN(Cc1nc2ccccc2n1CCCC)C(=O)c1cc(Cl)ccc1Cl.